The lowest BCUT2D eigenvalue weighted by Crippen LogP contribution is -2.32. The molecule has 0 aromatic rings. The van der Waals surface area contributed by atoms with Crippen molar-refractivity contribution < 1.29 is 18.3 Å². The average Bonchev–Trinajstić information content (AvgIpc) is 2.39. The summed E-state index contributed by atoms with van der Waals surface area (Å²) >= 11 is 0. The van der Waals surface area contributed by atoms with Gasteiger partial charge in [-0.1, -0.05) is 13.0 Å². The molecule has 0 radical (unpaired) electrons. The van der Waals surface area contributed by atoms with Crippen molar-refractivity contribution in [3.8, 4) is 0 Å². The molecule has 1 heterocycles. The normalized spacial score (nSPS) is 30.5. The molecule has 0 saturated heterocycles. The predicted molar refractivity (Wildman–Crippen MR) is 74.8 cm³/mol. The van der Waals surface area contributed by atoms with Crippen molar-refractivity contribution in [2.75, 3.05) is 13.2 Å². The molecule has 0 spiro atoms. The number of allylic oxidation sites excluding steroid dienone is 2. The lowest BCUT2D eigenvalue weighted by molar-refractivity contribution is 0.0573. The molecule has 0 unspecified atom stereocenters. The van der Waals surface area contributed by atoms with E-state index in [0.29, 0.717) is 30.5 Å². The summed E-state index contributed by atoms with van der Waals surface area (Å²) in [4.78, 5) is 0. The van der Waals surface area contributed by atoms with Gasteiger partial charge in [0.15, 0.2) is 0 Å². The Kier molecular flexibility index (Phi) is 4.88. The Morgan fingerprint density at radius 2 is 2.05 bits per heavy atom. The van der Waals surface area contributed by atoms with Crippen molar-refractivity contribution in [2.45, 2.75) is 39.7 Å². The molecule has 0 saturated carbocycles. The molecule has 1 aliphatic heterocycles. The van der Waals surface area contributed by atoms with Gasteiger partial charge in [0.25, 0.3) is 0 Å². The number of fused-ring (bicyclic) bond motifs is 1. The van der Waals surface area contributed by atoms with Crippen LogP contribution in [0, 0.1) is 11.8 Å². The molecule has 0 aromatic carbocycles. The van der Waals surface area contributed by atoms with Crippen LogP contribution < -0.4 is 0 Å². The van der Waals surface area contributed by atoms with Crippen molar-refractivity contribution in [1.82, 2.24) is 0 Å². The van der Waals surface area contributed by atoms with E-state index in [0.717, 1.165) is 12.8 Å². The first-order valence-electron chi connectivity index (χ1n) is 7.05. The van der Waals surface area contributed by atoms with Crippen molar-refractivity contribution in [3.05, 3.63) is 23.7 Å². The van der Waals surface area contributed by atoms with Crippen LogP contribution in [-0.4, -0.2) is 19.3 Å². The minimum absolute atomic E-state index is 0.00186. The first-order chi connectivity index (χ1) is 9.10. The van der Waals surface area contributed by atoms with Gasteiger partial charge in [0.1, 0.15) is 6.10 Å². The van der Waals surface area contributed by atoms with E-state index in [1.165, 1.54) is 0 Å². The highest BCUT2D eigenvalue weighted by molar-refractivity contribution is 7.58. The van der Waals surface area contributed by atoms with Gasteiger partial charge >= 0.3 is 7.60 Å². The maximum Gasteiger partial charge on any atom is 0.395 e. The van der Waals surface area contributed by atoms with Crippen molar-refractivity contribution in [2.24, 2.45) is 11.8 Å². The number of hydrogen-bond acceptors (Lipinski definition) is 4. The lowest BCUT2D eigenvalue weighted by Gasteiger charge is -2.37. The smallest absolute Gasteiger partial charge is 0.395 e. The van der Waals surface area contributed by atoms with Crippen molar-refractivity contribution in [3.63, 3.8) is 0 Å². The Bertz CT molecular complexity index is 406. The summed E-state index contributed by atoms with van der Waals surface area (Å²) in [7, 11) is -3.29. The maximum absolute atomic E-state index is 12.7. The highest BCUT2D eigenvalue weighted by Gasteiger charge is 2.40. The van der Waals surface area contributed by atoms with E-state index >= 15 is 0 Å². The van der Waals surface area contributed by atoms with E-state index in [1.807, 2.05) is 19.9 Å². The number of rotatable bonds is 5. The van der Waals surface area contributed by atoms with Gasteiger partial charge in [-0.15, -0.1) is 0 Å². The monoisotopic (exact) mass is 286 g/mol. The van der Waals surface area contributed by atoms with E-state index in [9.17, 15) is 4.57 Å². The zero-order chi connectivity index (χ0) is 13.9. The second kappa shape index (κ2) is 6.25. The van der Waals surface area contributed by atoms with Gasteiger partial charge in [0.05, 0.1) is 13.2 Å². The molecule has 19 heavy (non-hydrogen) atoms. The number of ether oxygens (including phenoxy) is 1. The number of hydrogen-bond donors (Lipinski definition) is 0. The second-order valence-corrected chi connectivity index (χ2v) is 6.90. The van der Waals surface area contributed by atoms with E-state index in [1.54, 1.807) is 0 Å². The topological polar surface area (TPSA) is 44.8 Å². The van der Waals surface area contributed by atoms with Crippen LogP contribution in [0.2, 0.25) is 0 Å². The Balaban J connectivity index is 2.24. The molecule has 0 aromatic heterocycles. The van der Waals surface area contributed by atoms with Crippen molar-refractivity contribution in [1.29, 1.82) is 0 Å². The van der Waals surface area contributed by atoms with Crippen LogP contribution in [0.3, 0.4) is 0 Å². The molecule has 108 valence electrons. The largest absolute Gasteiger partial charge is 0.478 e. The van der Waals surface area contributed by atoms with Gasteiger partial charge < -0.3 is 13.8 Å². The van der Waals surface area contributed by atoms with Gasteiger partial charge in [0, 0.05) is 5.92 Å². The molecule has 3 atom stereocenters. The van der Waals surface area contributed by atoms with Gasteiger partial charge in [-0.25, -0.2) is 0 Å². The van der Waals surface area contributed by atoms with Crippen LogP contribution in [0.25, 0.3) is 0 Å². The summed E-state index contributed by atoms with van der Waals surface area (Å²) in [6, 6.07) is 0. The van der Waals surface area contributed by atoms with Crippen LogP contribution >= 0.6 is 7.60 Å². The zero-order valence-electron chi connectivity index (χ0n) is 11.9. The quantitative estimate of drug-likeness (QED) is 0.564. The SMILES string of the molecule is CCOP(=O)(OCC)C1=C[C@H](C)[C@@H]2CCC=C[C@H]2O1. The molecule has 0 bridgehead atoms. The maximum atomic E-state index is 12.7. The Labute approximate surface area is 115 Å². The van der Waals surface area contributed by atoms with Gasteiger partial charge in [-0.05, 0) is 44.8 Å². The molecule has 1 aliphatic carbocycles. The summed E-state index contributed by atoms with van der Waals surface area (Å²) in [5.74, 6) is 0.790. The molecule has 0 N–H and O–H groups in total. The fraction of sp³-hybridized carbons (Fsp3) is 0.714. The molecular formula is C14H23O4P. The van der Waals surface area contributed by atoms with Gasteiger partial charge in [0.2, 0.25) is 5.50 Å². The van der Waals surface area contributed by atoms with Crippen molar-refractivity contribution >= 4 is 7.60 Å². The van der Waals surface area contributed by atoms with E-state index in [2.05, 4.69) is 19.1 Å². The molecule has 0 fully saturated rings. The summed E-state index contributed by atoms with van der Waals surface area (Å²) in [5.41, 5.74) is 0.386. The summed E-state index contributed by atoms with van der Waals surface area (Å²) in [6.45, 7) is 6.44. The van der Waals surface area contributed by atoms with Crippen LogP contribution in [-0.2, 0) is 18.3 Å². The fourth-order valence-electron chi connectivity index (χ4n) is 2.70. The van der Waals surface area contributed by atoms with E-state index in [-0.39, 0.29) is 6.10 Å². The Morgan fingerprint density at radius 3 is 2.68 bits per heavy atom. The highest BCUT2D eigenvalue weighted by Crippen LogP contribution is 2.59. The standard InChI is InChI=1S/C14H23O4P/c1-4-16-19(15,17-5-2)14-10-11(3)12-8-6-7-9-13(12)18-14/h7,9-13H,4-6,8H2,1-3H3/t11-,12-,13+/m0/s1. The van der Waals surface area contributed by atoms with Crippen LogP contribution in [0.1, 0.15) is 33.6 Å². The van der Waals surface area contributed by atoms with E-state index < -0.39 is 7.60 Å². The van der Waals surface area contributed by atoms with Crippen LogP contribution in [0.4, 0.5) is 0 Å². The summed E-state index contributed by atoms with van der Waals surface area (Å²) in [6.07, 6.45) is 8.32. The first-order valence-corrected chi connectivity index (χ1v) is 8.59. The van der Waals surface area contributed by atoms with Crippen LogP contribution in [0.15, 0.2) is 23.7 Å². The average molecular weight is 286 g/mol. The summed E-state index contributed by atoms with van der Waals surface area (Å²) < 4.78 is 29.3. The zero-order valence-corrected chi connectivity index (χ0v) is 12.8. The van der Waals surface area contributed by atoms with E-state index in [4.69, 9.17) is 13.8 Å². The third kappa shape index (κ3) is 3.13. The first kappa shape index (κ1) is 14.8. The molecule has 2 aliphatic rings. The molecular weight excluding hydrogens is 263 g/mol. The van der Waals surface area contributed by atoms with Gasteiger partial charge in [-0.2, -0.15) is 0 Å². The molecule has 2 rings (SSSR count). The van der Waals surface area contributed by atoms with Crippen LogP contribution in [0.5, 0.6) is 0 Å². The lowest BCUT2D eigenvalue weighted by atomic mass is 9.81. The highest BCUT2D eigenvalue weighted by atomic mass is 31.2. The minimum atomic E-state index is -3.29. The Hall–Kier alpha value is -0.570. The third-order valence-corrected chi connectivity index (χ3v) is 5.61. The molecule has 5 heteroatoms. The molecule has 4 nitrogen and oxygen atoms in total. The third-order valence-electron chi connectivity index (χ3n) is 3.62. The minimum Gasteiger partial charge on any atom is -0.478 e. The predicted octanol–water partition coefficient (Wildman–Crippen LogP) is 4.10. The molecule has 0 amide bonds. The fourth-order valence-corrected chi connectivity index (χ4v) is 4.38. The summed E-state index contributed by atoms with van der Waals surface area (Å²) in [5, 5.41) is 0. The second-order valence-electron chi connectivity index (χ2n) is 4.95. The van der Waals surface area contributed by atoms with Gasteiger partial charge in [-0.3, -0.25) is 4.57 Å². The Morgan fingerprint density at radius 1 is 1.37 bits per heavy atom.